The third-order valence-electron chi connectivity index (χ3n) is 2.28. The van der Waals surface area contributed by atoms with Crippen LogP contribution in [-0.4, -0.2) is 22.3 Å². The lowest BCUT2D eigenvalue weighted by Gasteiger charge is -2.03. The van der Waals surface area contributed by atoms with Gasteiger partial charge in [0.25, 0.3) is 0 Å². The minimum absolute atomic E-state index is 0.0854. The van der Waals surface area contributed by atoms with Gasteiger partial charge in [-0.2, -0.15) is 0 Å². The number of aromatic nitrogens is 2. The van der Waals surface area contributed by atoms with E-state index in [-0.39, 0.29) is 5.78 Å². The minimum Gasteiger partial charge on any atom is -0.494 e. The maximum atomic E-state index is 11.1. The third kappa shape index (κ3) is 1.82. The molecule has 0 saturated heterocycles. The summed E-state index contributed by atoms with van der Waals surface area (Å²) in [5.74, 6) is 1.53. The third-order valence-corrected chi connectivity index (χ3v) is 2.84. The maximum Gasteiger partial charge on any atom is 0.145 e. The number of carbonyl (C=O) groups excluding carboxylic acids is 1. The molecule has 0 saturated carbocycles. The molecule has 2 aromatic rings. The van der Waals surface area contributed by atoms with Crippen LogP contribution in [0.4, 0.5) is 0 Å². The molecule has 2 rings (SSSR count). The van der Waals surface area contributed by atoms with E-state index in [1.807, 2.05) is 22.7 Å². The molecule has 0 aliphatic rings. The zero-order valence-corrected chi connectivity index (χ0v) is 10.6. The molecule has 2 heterocycles. The fourth-order valence-corrected chi connectivity index (χ4v) is 2.23. The Morgan fingerprint density at radius 3 is 3.00 bits per heavy atom. The molecule has 0 atom stereocenters. The Labute approximate surface area is 101 Å². The highest BCUT2D eigenvalue weighted by Crippen LogP contribution is 2.28. The van der Waals surface area contributed by atoms with Gasteiger partial charge in [0.1, 0.15) is 27.5 Å². The van der Waals surface area contributed by atoms with Crippen LogP contribution in [0, 0.1) is 0 Å². The lowest BCUT2D eigenvalue weighted by atomic mass is 10.3. The molecule has 0 fully saturated rings. The Hall–Kier alpha value is -1.36. The molecule has 0 spiro atoms. The van der Waals surface area contributed by atoms with Crippen molar-refractivity contribution in [1.29, 1.82) is 0 Å². The molecule has 0 radical (unpaired) electrons. The predicted octanol–water partition coefficient (Wildman–Crippen LogP) is 2.24. The number of ether oxygens (including phenoxy) is 1. The van der Waals surface area contributed by atoms with E-state index >= 15 is 0 Å². The van der Waals surface area contributed by atoms with Crippen molar-refractivity contribution in [1.82, 2.24) is 9.38 Å². The summed E-state index contributed by atoms with van der Waals surface area (Å²) in [4.78, 5) is 15.4. The number of hydrogen-bond donors (Lipinski definition) is 0. The average molecular weight is 283 g/mol. The molecule has 0 aliphatic heterocycles. The quantitative estimate of drug-likeness (QED) is 0.867. The zero-order valence-electron chi connectivity index (χ0n) is 9.03. The highest BCUT2D eigenvalue weighted by Gasteiger charge is 2.13. The first-order valence-corrected chi connectivity index (χ1v) is 5.61. The molecular formula is C11H11BrN2O2. The van der Waals surface area contributed by atoms with Crippen LogP contribution in [0.1, 0.15) is 12.7 Å². The molecule has 0 amide bonds. The second-order valence-electron chi connectivity index (χ2n) is 3.49. The number of ketones is 1. The summed E-state index contributed by atoms with van der Waals surface area (Å²) >= 11 is 3.38. The molecule has 0 N–H and O–H groups in total. The van der Waals surface area contributed by atoms with Crippen LogP contribution in [0.2, 0.25) is 0 Å². The van der Waals surface area contributed by atoms with Crippen LogP contribution in [0.5, 0.6) is 5.75 Å². The summed E-state index contributed by atoms with van der Waals surface area (Å²) in [5, 5.41) is 0. The van der Waals surface area contributed by atoms with Crippen LogP contribution in [0.25, 0.3) is 5.52 Å². The molecule has 0 bridgehead atoms. The van der Waals surface area contributed by atoms with Crippen LogP contribution < -0.4 is 4.74 Å². The number of Topliss-reactive ketones (excluding diaryl/α,β-unsaturated/α-hetero) is 1. The molecular weight excluding hydrogens is 272 g/mol. The van der Waals surface area contributed by atoms with E-state index in [9.17, 15) is 4.79 Å². The molecule has 0 unspecified atom stereocenters. The second kappa shape index (κ2) is 4.25. The number of methoxy groups -OCH3 is 1. The van der Waals surface area contributed by atoms with Gasteiger partial charge in [-0.05, 0) is 35.0 Å². The van der Waals surface area contributed by atoms with Gasteiger partial charge in [-0.3, -0.25) is 9.20 Å². The van der Waals surface area contributed by atoms with Crippen molar-refractivity contribution in [2.24, 2.45) is 0 Å². The predicted molar refractivity (Wildman–Crippen MR) is 63.8 cm³/mol. The van der Waals surface area contributed by atoms with Crippen molar-refractivity contribution in [3.05, 3.63) is 28.8 Å². The largest absolute Gasteiger partial charge is 0.494 e. The summed E-state index contributed by atoms with van der Waals surface area (Å²) in [6, 6.07) is 3.73. The smallest absolute Gasteiger partial charge is 0.145 e. The van der Waals surface area contributed by atoms with Gasteiger partial charge in [0.15, 0.2) is 0 Å². The Morgan fingerprint density at radius 1 is 1.62 bits per heavy atom. The van der Waals surface area contributed by atoms with Gasteiger partial charge in [-0.15, -0.1) is 0 Å². The first-order valence-electron chi connectivity index (χ1n) is 4.82. The van der Waals surface area contributed by atoms with Gasteiger partial charge in [0.05, 0.1) is 13.5 Å². The van der Waals surface area contributed by atoms with Crippen molar-refractivity contribution in [3.63, 3.8) is 0 Å². The Balaban J connectivity index is 2.66. The number of imidazole rings is 1. The van der Waals surface area contributed by atoms with Crippen molar-refractivity contribution in [3.8, 4) is 5.75 Å². The first kappa shape index (κ1) is 11.1. The van der Waals surface area contributed by atoms with Gasteiger partial charge in [-0.1, -0.05) is 0 Å². The van der Waals surface area contributed by atoms with Gasteiger partial charge >= 0.3 is 0 Å². The van der Waals surface area contributed by atoms with Gasteiger partial charge < -0.3 is 4.74 Å². The van der Waals surface area contributed by atoms with Crippen LogP contribution in [0.15, 0.2) is 22.9 Å². The summed E-state index contributed by atoms with van der Waals surface area (Å²) in [6.07, 6.45) is 2.19. The number of nitrogens with zero attached hydrogens (tertiary/aromatic N) is 2. The lowest BCUT2D eigenvalue weighted by Crippen LogP contribution is -2.02. The summed E-state index contributed by atoms with van der Waals surface area (Å²) in [5.41, 5.74) is 0.848. The number of rotatable bonds is 3. The molecule has 2 aromatic heterocycles. The van der Waals surface area contributed by atoms with E-state index in [0.717, 1.165) is 11.3 Å². The minimum atomic E-state index is 0.0854. The molecule has 0 aromatic carbocycles. The summed E-state index contributed by atoms with van der Waals surface area (Å²) < 4.78 is 7.81. The topological polar surface area (TPSA) is 43.6 Å². The monoisotopic (exact) mass is 282 g/mol. The molecule has 4 nitrogen and oxygen atoms in total. The standard InChI is InChI=1S/C11H11BrN2O2/c1-7(15)6-9-13-11(12)10-8(16-2)4-3-5-14(9)10/h3-5H,6H2,1-2H3. The van der Waals surface area contributed by atoms with E-state index in [2.05, 4.69) is 20.9 Å². The number of hydrogen-bond acceptors (Lipinski definition) is 3. The average Bonchev–Trinajstić information content (AvgIpc) is 2.55. The highest BCUT2D eigenvalue weighted by atomic mass is 79.9. The molecule has 5 heteroatoms. The van der Waals surface area contributed by atoms with E-state index in [1.165, 1.54) is 0 Å². The van der Waals surface area contributed by atoms with E-state index in [0.29, 0.717) is 16.8 Å². The van der Waals surface area contributed by atoms with Gasteiger partial charge in [0, 0.05) is 6.20 Å². The van der Waals surface area contributed by atoms with E-state index in [1.54, 1.807) is 14.0 Å². The normalized spacial score (nSPS) is 10.7. The zero-order chi connectivity index (χ0) is 11.7. The summed E-state index contributed by atoms with van der Waals surface area (Å²) in [7, 11) is 1.61. The Kier molecular flexibility index (Phi) is 2.96. The van der Waals surface area contributed by atoms with E-state index in [4.69, 9.17) is 4.74 Å². The fourth-order valence-electron chi connectivity index (χ4n) is 1.64. The Bertz CT molecular complexity index is 548. The maximum absolute atomic E-state index is 11.1. The Morgan fingerprint density at radius 2 is 2.38 bits per heavy atom. The van der Waals surface area contributed by atoms with Crippen molar-refractivity contribution < 1.29 is 9.53 Å². The van der Waals surface area contributed by atoms with Crippen LogP contribution in [-0.2, 0) is 11.2 Å². The number of fused-ring (bicyclic) bond motifs is 1. The van der Waals surface area contributed by atoms with Crippen LogP contribution >= 0.6 is 15.9 Å². The molecule has 84 valence electrons. The fraction of sp³-hybridized carbons (Fsp3) is 0.273. The molecule has 16 heavy (non-hydrogen) atoms. The van der Waals surface area contributed by atoms with Gasteiger partial charge in [-0.25, -0.2) is 4.98 Å². The van der Waals surface area contributed by atoms with Gasteiger partial charge in [0.2, 0.25) is 0 Å². The van der Waals surface area contributed by atoms with Crippen molar-refractivity contribution in [2.75, 3.05) is 7.11 Å². The van der Waals surface area contributed by atoms with E-state index < -0.39 is 0 Å². The van der Waals surface area contributed by atoms with Crippen molar-refractivity contribution >= 4 is 27.2 Å². The number of halogens is 1. The number of pyridine rings is 1. The van der Waals surface area contributed by atoms with Crippen LogP contribution in [0.3, 0.4) is 0 Å². The highest BCUT2D eigenvalue weighted by molar-refractivity contribution is 9.10. The SMILES string of the molecule is COc1cccn2c(CC(C)=O)nc(Br)c12. The molecule has 0 aliphatic carbocycles. The lowest BCUT2D eigenvalue weighted by molar-refractivity contribution is -0.116. The van der Waals surface area contributed by atoms with Crippen molar-refractivity contribution in [2.45, 2.75) is 13.3 Å². The first-order chi connectivity index (χ1) is 7.63. The summed E-state index contributed by atoms with van der Waals surface area (Å²) in [6.45, 7) is 1.55. The number of carbonyl (C=O) groups is 1. The second-order valence-corrected chi connectivity index (χ2v) is 4.24.